The second-order valence-electron chi connectivity index (χ2n) is 7.59. The zero-order valence-electron chi connectivity index (χ0n) is 18.4. The molecule has 0 spiro atoms. The van der Waals surface area contributed by atoms with Crippen LogP contribution in [0.4, 0.5) is 9.93 Å². The Bertz CT molecular complexity index is 1180. The van der Waals surface area contributed by atoms with Crippen LogP contribution in [0.3, 0.4) is 0 Å². The largest absolute Gasteiger partial charge is 0.481 e. The van der Waals surface area contributed by atoms with Gasteiger partial charge in [-0.3, -0.25) is 14.9 Å². The number of benzene rings is 2. The van der Waals surface area contributed by atoms with Crippen LogP contribution in [0.15, 0.2) is 48.5 Å². The first-order valence-corrected chi connectivity index (χ1v) is 12.6. The molecule has 0 bridgehead atoms. The zero-order chi connectivity index (χ0) is 24.1. The molecule has 1 aliphatic rings. The highest BCUT2D eigenvalue weighted by Gasteiger charge is 2.29. The third kappa shape index (κ3) is 5.40. The van der Waals surface area contributed by atoms with Crippen LogP contribution >= 0.6 is 23.1 Å². The lowest BCUT2D eigenvalue weighted by Gasteiger charge is -2.14. The van der Waals surface area contributed by atoms with E-state index in [2.05, 4.69) is 39.9 Å². The quantitative estimate of drug-likeness (QED) is 0.376. The highest BCUT2D eigenvalue weighted by atomic mass is 32.2. The van der Waals surface area contributed by atoms with E-state index in [1.54, 1.807) is 6.92 Å². The van der Waals surface area contributed by atoms with Crippen LogP contribution in [0.2, 0.25) is 0 Å². The van der Waals surface area contributed by atoms with Crippen LogP contribution in [0.25, 0.3) is 11.1 Å². The van der Waals surface area contributed by atoms with Crippen molar-refractivity contribution in [2.45, 2.75) is 12.8 Å². The van der Waals surface area contributed by atoms with Crippen LogP contribution in [0.1, 0.15) is 32.4 Å². The first-order chi connectivity index (χ1) is 16.4. The molecule has 4 rings (SSSR count). The Hall–Kier alpha value is -3.37. The molecule has 176 valence electrons. The lowest BCUT2D eigenvalue weighted by molar-refractivity contribution is -0.133. The van der Waals surface area contributed by atoms with Crippen LogP contribution < -0.4 is 10.6 Å². The van der Waals surface area contributed by atoms with Gasteiger partial charge in [-0.1, -0.05) is 59.9 Å². The van der Waals surface area contributed by atoms with Gasteiger partial charge >= 0.3 is 12.1 Å². The van der Waals surface area contributed by atoms with Crippen molar-refractivity contribution in [3.8, 4) is 11.1 Å². The Balaban J connectivity index is 1.32. The summed E-state index contributed by atoms with van der Waals surface area (Å²) in [5.41, 5.74) is 5.05. The van der Waals surface area contributed by atoms with E-state index in [1.165, 1.54) is 11.8 Å². The standard InChI is InChI=1S/C24H23N3O5S2/c1-14-21(22(30)25-10-11-33-13-20(28)29)34-23(26-14)27-24(31)32-12-19-17-8-4-2-6-15(17)16-7-3-5-9-18(16)19/h2-9,19H,10-13H2,1H3,(H,25,30)(H,28,29)(H,26,27,31). The molecule has 1 aromatic heterocycles. The maximum absolute atomic E-state index is 12.5. The molecule has 2 aromatic carbocycles. The molecule has 0 unspecified atom stereocenters. The summed E-state index contributed by atoms with van der Waals surface area (Å²) in [6.45, 7) is 2.21. The summed E-state index contributed by atoms with van der Waals surface area (Å²) in [4.78, 5) is 40.0. The minimum absolute atomic E-state index is 0.0103. The fraction of sp³-hybridized carbons (Fsp3) is 0.250. The maximum Gasteiger partial charge on any atom is 0.413 e. The predicted octanol–water partition coefficient (Wildman–Crippen LogP) is 4.36. The summed E-state index contributed by atoms with van der Waals surface area (Å²) in [7, 11) is 0. The number of aliphatic carboxylic acids is 1. The Kier molecular flexibility index (Phi) is 7.49. The van der Waals surface area contributed by atoms with Crippen molar-refractivity contribution < 1.29 is 24.2 Å². The SMILES string of the molecule is Cc1nc(NC(=O)OCC2c3ccccc3-c3ccccc32)sc1C(=O)NCCSCC(=O)O. The predicted molar refractivity (Wildman–Crippen MR) is 133 cm³/mol. The Morgan fingerprint density at radius 1 is 1.09 bits per heavy atom. The molecule has 2 amide bonds. The molecule has 0 saturated heterocycles. The van der Waals surface area contributed by atoms with Gasteiger partial charge in [0, 0.05) is 18.2 Å². The third-order valence-corrected chi connectivity index (χ3v) is 7.33. The summed E-state index contributed by atoms with van der Waals surface area (Å²) in [6.07, 6.45) is -0.632. The summed E-state index contributed by atoms with van der Waals surface area (Å²) in [5, 5.41) is 14.3. The molecule has 8 nitrogen and oxygen atoms in total. The van der Waals surface area contributed by atoms with E-state index in [9.17, 15) is 14.4 Å². The maximum atomic E-state index is 12.5. The van der Waals surface area contributed by atoms with Gasteiger partial charge in [-0.2, -0.15) is 0 Å². The molecular weight excluding hydrogens is 474 g/mol. The number of aromatic nitrogens is 1. The van der Waals surface area contributed by atoms with Gasteiger partial charge in [-0.05, 0) is 29.2 Å². The fourth-order valence-corrected chi connectivity index (χ4v) is 5.29. The van der Waals surface area contributed by atoms with E-state index in [4.69, 9.17) is 9.84 Å². The molecule has 0 fully saturated rings. The van der Waals surface area contributed by atoms with Gasteiger partial charge in [0.2, 0.25) is 0 Å². The number of carbonyl (C=O) groups is 3. The number of hydrogen-bond donors (Lipinski definition) is 3. The van der Waals surface area contributed by atoms with Gasteiger partial charge in [0.1, 0.15) is 11.5 Å². The van der Waals surface area contributed by atoms with Crippen molar-refractivity contribution in [3.05, 3.63) is 70.2 Å². The monoisotopic (exact) mass is 497 g/mol. The number of ether oxygens (including phenoxy) is 1. The Morgan fingerprint density at radius 3 is 2.38 bits per heavy atom. The van der Waals surface area contributed by atoms with Gasteiger partial charge in [-0.15, -0.1) is 11.8 Å². The molecule has 10 heteroatoms. The summed E-state index contributed by atoms with van der Waals surface area (Å²) in [6, 6.07) is 16.2. The Morgan fingerprint density at radius 2 is 1.74 bits per heavy atom. The minimum atomic E-state index is -0.890. The average Bonchev–Trinajstić information content (AvgIpc) is 3.34. The molecule has 0 atom stereocenters. The van der Waals surface area contributed by atoms with Crippen molar-refractivity contribution in [2.75, 3.05) is 30.0 Å². The smallest absolute Gasteiger partial charge is 0.413 e. The number of nitrogens with zero attached hydrogens (tertiary/aromatic N) is 1. The summed E-state index contributed by atoms with van der Waals surface area (Å²) >= 11 is 2.29. The highest BCUT2D eigenvalue weighted by molar-refractivity contribution is 7.99. The van der Waals surface area contributed by atoms with Gasteiger partial charge in [0.25, 0.3) is 5.91 Å². The van der Waals surface area contributed by atoms with E-state index in [0.717, 1.165) is 33.6 Å². The average molecular weight is 498 g/mol. The number of carboxylic acid groups (broad SMARTS) is 1. The van der Waals surface area contributed by atoms with E-state index in [-0.39, 0.29) is 29.3 Å². The normalized spacial score (nSPS) is 12.0. The fourth-order valence-electron chi connectivity index (χ4n) is 3.86. The zero-order valence-corrected chi connectivity index (χ0v) is 20.0. The van der Waals surface area contributed by atoms with Crippen molar-refractivity contribution in [2.24, 2.45) is 0 Å². The van der Waals surface area contributed by atoms with Crippen molar-refractivity contribution in [3.63, 3.8) is 0 Å². The molecule has 0 aliphatic heterocycles. The molecular formula is C24H23N3O5S2. The van der Waals surface area contributed by atoms with Gasteiger partial charge < -0.3 is 15.2 Å². The molecule has 0 saturated carbocycles. The second kappa shape index (κ2) is 10.7. The highest BCUT2D eigenvalue weighted by Crippen LogP contribution is 2.44. The lowest BCUT2D eigenvalue weighted by Crippen LogP contribution is -2.25. The van der Waals surface area contributed by atoms with Gasteiger partial charge in [0.15, 0.2) is 5.13 Å². The van der Waals surface area contributed by atoms with Crippen LogP contribution in [0, 0.1) is 6.92 Å². The topological polar surface area (TPSA) is 118 Å². The van der Waals surface area contributed by atoms with E-state index in [1.807, 2.05) is 24.3 Å². The number of thiazole rings is 1. The van der Waals surface area contributed by atoms with Crippen molar-refractivity contribution in [1.82, 2.24) is 10.3 Å². The lowest BCUT2D eigenvalue weighted by atomic mass is 9.98. The van der Waals surface area contributed by atoms with Gasteiger partial charge in [-0.25, -0.2) is 9.78 Å². The Labute approximate surface area is 204 Å². The number of thioether (sulfide) groups is 1. The first-order valence-electron chi connectivity index (χ1n) is 10.6. The summed E-state index contributed by atoms with van der Waals surface area (Å²) < 4.78 is 5.53. The number of fused-ring (bicyclic) bond motifs is 3. The molecule has 1 heterocycles. The number of nitrogens with one attached hydrogen (secondary N) is 2. The van der Waals surface area contributed by atoms with Gasteiger partial charge in [0.05, 0.1) is 11.4 Å². The number of carbonyl (C=O) groups excluding carboxylic acids is 2. The number of rotatable bonds is 9. The molecule has 3 N–H and O–H groups in total. The molecule has 0 radical (unpaired) electrons. The van der Waals surface area contributed by atoms with E-state index >= 15 is 0 Å². The van der Waals surface area contributed by atoms with E-state index in [0.29, 0.717) is 22.9 Å². The number of amides is 2. The van der Waals surface area contributed by atoms with E-state index < -0.39 is 12.1 Å². The molecule has 3 aromatic rings. The summed E-state index contributed by atoms with van der Waals surface area (Å²) in [5.74, 6) is -0.772. The van der Waals surface area contributed by atoms with Crippen molar-refractivity contribution >= 4 is 46.2 Å². The van der Waals surface area contributed by atoms with Crippen LogP contribution in [0.5, 0.6) is 0 Å². The third-order valence-electron chi connectivity index (χ3n) is 5.31. The number of carboxylic acids is 1. The van der Waals surface area contributed by atoms with Crippen LogP contribution in [-0.4, -0.2) is 52.7 Å². The minimum Gasteiger partial charge on any atom is -0.481 e. The molecule has 1 aliphatic carbocycles. The molecule has 34 heavy (non-hydrogen) atoms. The number of anilines is 1. The first kappa shape index (κ1) is 23.8. The number of aryl methyl sites for hydroxylation is 1. The number of hydrogen-bond acceptors (Lipinski definition) is 7. The second-order valence-corrected chi connectivity index (χ2v) is 9.69. The van der Waals surface area contributed by atoms with Crippen molar-refractivity contribution in [1.29, 1.82) is 0 Å². The van der Waals surface area contributed by atoms with Crippen LogP contribution in [-0.2, 0) is 9.53 Å².